The van der Waals surface area contributed by atoms with Gasteiger partial charge >= 0.3 is 6.03 Å². The summed E-state index contributed by atoms with van der Waals surface area (Å²) >= 11 is 0. The van der Waals surface area contributed by atoms with Gasteiger partial charge in [-0.2, -0.15) is 0 Å². The van der Waals surface area contributed by atoms with Crippen LogP contribution in [-0.2, 0) is 10.0 Å². The van der Waals surface area contributed by atoms with Gasteiger partial charge < -0.3 is 10.6 Å². The third kappa shape index (κ3) is 13.4. The number of urea groups is 1. The number of nitrogens with one attached hydrogen (secondary N) is 3. The average Bonchev–Trinajstić information content (AvgIpc) is 2.75. The number of carbonyl (C=O) groups excluding carboxylic acids is 1. The molecule has 0 saturated carbocycles. The van der Waals surface area contributed by atoms with Crippen molar-refractivity contribution in [2.45, 2.75) is 76.0 Å². The van der Waals surface area contributed by atoms with Crippen molar-refractivity contribution >= 4 is 16.1 Å². The van der Waals surface area contributed by atoms with E-state index in [2.05, 4.69) is 34.4 Å². The van der Waals surface area contributed by atoms with Crippen molar-refractivity contribution < 1.29 is 13.2 Å². The van der Waals surface area contributed by atoms with E-state index in [-0.39, 0.29) is 6.03 Å². The smallest absolute Gasteiger partial charge is 0.314 e. The fourth-order valence-corrected chi connectivity index (χ4v) is 4.01. The van der Waals surface area contributed by atoms with Crippen LogP contribution in [-0.4, -0.2) is 34.1 Å². The Labute approximate surface area is 183 Å². The Morgan fingerprint density at radius 1 is 0.800 bits per heavy atom. The van der Waals surface area contributed by atoms with Gasteiger partial charge in [-0.1, -0.05) is 56.5 Å². The first-order chi connectivity index (χ1) is 14.6. The zero-order valence-electron chi connectivity index (χ0n) is 18.4. The van der Waals surface area contributed by atoms with Crippen LogP contribution in [0.4, 0.5) is 4.79 Å². The number of rotatable bonds is 17. The Bertz CT molecular complexity index is 691. The van der Waals surface area contributed by atoms with Crippen LogP contribution in [0.1, 0.15) is 71.1 Å². The van der Waals surface area contributed by atoms with Crippen molar-refractivity contribution in [2.75, 3.05) is 19.6 Å². The van der Waals surface area contributed by atoms with Crippen LogP contribution in [0.3, 0.4) is 0 Å². The van der Waals surface area contributed by atoms with Gasteiger partial charge in [-0.05, 0) is 57.1 Å². The number of allylic oxidation sites excluding steroid dienone is 2. The van der Waals surface area contributed by atoms with E-state index in [9.17, 15) is 13.2 Å². The van der Waals surface area contributed by atoms with Crippen LogP contribution in [0, 0.1) is 0 Å². The summed E-state index contributed by atoms with van der Waals surface area (Å²) < 4.78 is 26.8. The number of carbonyl (C=O) groups is 1. The molecule has 1 rings (SSSR count). The number of amides is 2. The molecule has 7 heteroatoms. The largest absolute Gasteiger partial charge is 0.338 e. The third-order valence-electron chi connectivity index (χ3n) is 4.71. The second-order valence-electron chi connectivity index (χ2n) is 7.42. The van der Waals surface area contributed by atoms with E-state index in [1.807, 2.05) is 0 Å². The molecule has 2 amide bonds. The Hall–Kier alpha value is -1.86. The summed E-state index contributed by atoms with van der Waals surface area (Å²) in [4.78, 5) is 11.9. The summed E-state index contributed by atoms with van der Waals surface area (Å²) in [6, 6.07) is 8.40. The van der Waals surface area contributed by atoms with Crippen LogP contribution in [0.25, 0.3) is 0 Å². The van der Waals surface area contributed by atoms with Crippen LogP contribution in [0.5, 0.6) is 0 Å². The molecule has 0 aliphatic carbocycles. The highest BCUT2D eigenvalue weighted by molar-refractivity contribution is 7.89. The van der Waals surface area contributed by atoms with Crippen molar-refractivity contribution in [1.29, 1.82) is 0 Å². The lowest BCUT2D eigenvalue weighted by molar-refractivity contribution is 0.240. The summed E-state index contributed by atoms with van der Waals surface area (Å²) in [5.41, 5.74) is 0. The Balaban J connectivity index is 1.91. The van der Waals surface area contributed by atoms with E-state index in [0.717, 1.165) is 70.8 Å². The molecule has 0 atom stereocenters. The number of hydrogen-bond acceptors (Lipinski definition) is 3. The molecular formula is C23H39N3O3S. The molecule has 0 saturated heterocycles. The second-order valence-corrected chi connectivity index (χ2v) is 9.18. The Morgan fingerprint density at radius 2 is 1.37 bits per heavy atom. The van der Waals surface area contributed by atoms with Gasteiger partial charge in [0.2, 0.25) is 10.0 Å². The molecule has 0 aromatic heterocycles. The first-order valence-corrected chi connectivity index (χ1v) is 12.8. The molecule has 170 valence electrons. The SMILES string of the molecule is CCCCCNC(=O)NCCCCC=CCCCCCNS(=O)(=O)c1ccccc1. The van der Waals surface area contributed by atoms with Crippen molar-refractivity contribution in [3.05, 3.63) is 42.5 Å². The van der Waals surface area contributed by atoms with E-state index in [1.54, 1.807) is 30.3 Å². The molecule has 0 spiro atoms. The van der Waals surface area contributed by atoms with Crippen LogP contribution >= 0.6 is 0 Å². The quantitative estimate of drug-likeness (QED) is 0.243. The van der Waals surface area contributed by atoms with Gasteiger partial charge in [0.25, 0.3) is 0 Å². The number of unbranched alkanes of at least 4 members (excludes halogenated alkanes) is 7. The summed E-state index contributed by atoms with van der Waals surface area (Å²) in [6.07, 6.45) is 14.7. The third-order valence-corrected chi connectivity index (χ3v) is 6.19. The van der Waals surface area contributed by atoms with E-state index >= 15 is 0 Å². The predicted molar refractivity (Wildman–Crippen MR) is 124 cm³/mol. The maximum Gasteiger partial charge on any atom is 0.314 e. The first-order valence-electron chi connectivity index (χ1n) is 11.3. The summed E-state index contributed by atoms with van der Waals surface area (Å²) in [5, 5.41) is 5.76. The fourth-order valence-electron chi connectivity index (χ4n) is 2.92. The van der Waals surface area contributed by atoms with Gasteiger partial charge in [-0.3, -0.25) is 0 Å². The molecule has 0 radical (unpaired) electrons. The molecule has 0 aliphatic heterocycles. The zero-order valence-corrected chi connectivity index (χ0v) is 19.2. The Morgan fingerprint density at radius 3 is 2.00 bits per heavy atom. The molecule has 6 nitrogen and oxygen atoms in total. The van der Waals surface area contributed by atoms with E-state index in [1.165, 1.54) is 0 Å². The maximum absolute atomic E-state index is 12.1. The van der Waals surface area contributed by atoms with Gasteiger partial charge in [0.05, 0.1) is 4.90 Å². The molecule has 1 aromatic rings. The lowest BCUT2D eigenvalue weighted by atomic mass is 10.1. The highest BCUT2D eigenvalue weighted by atomic mass is 32.2. The maximum atomic E-state index is 12.1. The standard InChI is InChI=1S/C23H39N3O3S/c1-2-3-14-19-24-23(27)25-20-15-9-7-5-4-6-8-10-16-21-26-30(28,29)22-17-12-11-13-18-22/h4-5,11-13,17-18,26H,2-3,6-10,14-16,19-21H2,1H3,(H2,24,25,27). The predicted octanol–water partition coefficient (Wildman–Crippen LogP) is 4.74. The molecule has 3 N–H and O–H groups in total. The van der Waals surface area contributed by atoms with Gasteiger partial charge in [-0.15, -0.1) is 0 Å². The lowest BCUT2D eigenvalue weighted by Gasteiger charge is -2.06. The van der Waals surface area contributed by atoms with Crippen molar-refractivity contribution in [1.82, 2.24) is 15.4 Å². The van der Waals surface area contributed by atoms with Crippen LogP contribution in [0.15, 0.2) is 47.4 Å². The summed E-state index contributed by atoms with van der Waals surface area (Å²) in [7, 11) is -3.38. The Kier molecular flexibility index (Phi) is 14.7. The second kappa shape index (κ2) is 16.9. The molecule has 0 aliphatic rings. The van der Waals surface area contributed by atoms with Crippen molar-refractivity contribution in [3.8, 4) is 0 Å². The van der Waals surface area contributed by atoms with Gasteiger partial charge in [0.15, 0.2) is 0 Å². The normalized spacial score (nSPS) is 11.6. The molecular weight excluding hydrogens is 398 g/mol. The molecule has 0 unspecified atom stereocenters. The lowest BCUT2D eigenvalue weighted by Crippen LogP contribution is -2.36. The van der Waals surface area contributed by atoms with Gasteiger partial charge in [0.1, 0.15) is 0 Å². The average molecular weight is 438 g/mol. The van der Waals surface area contributed by atoms with Crippen LogP contribution in [0.2, 0.25) is 0 Å². The van der Waals surface area contributed by atoms with Gasteiger partial charge in [-0.25, -0.2) is 17.9 Å². The van der Waals surface area contributed by atoms with E-state index in [4.69, 9.17) is 0 Å². The highest BCUT2D eigenvalue weighted by Crippen LogP contribution is 2.08. The first kappa shape index (κ1) is 26.2. The molecule has 0 fully saturated rings. The van der Waals surface area contributed by atoms with Crippen molar-refractivity contribution in [3.63, 3.8) is 0 Å². The molecule has 30 heavy (non-hydrogen) atoms. The fraction of sp³-hybridized carbons (Fsp3) is 0.609. The van der Waals surface area contributed by atoms with Crippen LogP contribution < -0.4 is 15.4 Å². The molecule has 0 heterocycles. The van der Waals surface area contributed by atoms with Gasteiger partial charge in [0, 0.05) is 19.6 Å². The monoisotopic (exact) mass is 437 g/mol. The highest BCUT2D eigenvalue weighted by Gasteiger charge is 2.11. The number of hydrogen-bond donors (Lipinski definition) is 3. The molecule has 0 bridgehead atoms. The minimum atomic E-state index is -3.38. The summed E-state index contributed by atoms with van der Waals surface area (Å²) in [5.74, 6) is 0. The molecule has 1 aromatic carbocycles. The minimum absolute atomic E-state index is 0.0623. The zero-order chi connectivity index (χ0) is 21.9. The van der Waals surface area contributed by atoms with Crippen molar-refractivity contribution in [2.24, 2.45) is 0 Å². The van der Waals surface area contributed by atoms with E-state index in [0.29, 0.717) is 18.0 Å². The van der Waals surface area contributed by atoms with E-state index < -0.39 is 10.0 Å². The summed E-state index contributed by atoms with van der Waals surface area (Å²) in [6.45, 7) is 4.09. The number of sulfonamides is 1. The minimum Gasteiger partial charge on any atom is -0.338 e. The topological polar surface area (TPSA) is 87.3 Å². The number of benzene rings is 1.